The summed E-state index contributed by atoms with van der Waals surface area (Å²) in [6.45, 7) is 4.06. The van der Waals surface area contributed by atoms with E-state index in [9.17, 15) is 4.79 Å². The minimum atomic E-state index is -0.0809. The van der Waals surface area contributed by atoms with Gasteiger partial charge in [-0.2, -0.15) is 5.10 Å². The summed E-state index contributed by atoms with van der Waals surface area (Å²) < 4.78 is 1.88. The standard InChI is InChI=1S/C17H24N4O/c1-3-12(2)20-17(22)14-11-19-21-15-9-7-5-4-6-8-13(15)10-18-16(14)21/h10-12H,3-9H2,1-2H3,(H,20,22). The van der Waals surface area contributed by atoms with Crippen LogP contribution in [0.4, 0.5) is 0 Å². The summed E-state index contributed by atoms with van der Waals surface area (Å²) >= 11 is 0. The Hall–Kier alpha value is -1.91. The van der Waals surface area contributed by atoms with E-state index in [1.807, 2.05) is 17.6 Å². The zero-order valence-electron chi connectivity index (χ0n) is 13.4. The summed E-state index contributed by atoms with van der Waals surface area (Å²) in [6, 6.07) is 0.159. The third-order valence-corrected chi connectivity index (χ3v) is 4.56. The number of amides is 1. The Balaban J connectivity index is 1.98. The van der Waals surface area contributed by atoms with Gasteiger partial charge in [0.1, 0.15) is 5.56 Å². The van der Waals surface area contributed by atoms with Crippen LogP contribution in [-0.2, 0) is 12.8 Å². The fourth-order valence-electron chi connectivity index (χ4n) is 3.01. The van der Waals surface area contributed by atoms with Crippen molar-refractivity contribution in [2.75, 3.05) is 0 Å². The van der Waals surface area contributed by atoms with E-state index in [0.29, 0.717) is 11.2 Å². The van der Waals surface area contributed by atoms with Crippen LogP contribution in [0.2, 0.25) is 0 Å². The van der Waals surface area contributed by atoms with Crippen LogP contribution in [0.25, 0.3) is 5.65 Å². The van der Waals surface area contributed by atoms with Crippen LogP contribution in [-0.4, -0.2) is 26.5 Å². The molecule has 118 valence electrons. The van der Waals surface area contributed by atoms with Crippen molar-refractivity contribution in [3.63, 3.8) is 0 Å². The highest BCUT2D eigenvalue weighted by molar-refractivity contribution is 5.99. The average molecular weight is 300 g/mol. The molecule has 0 fully saturated rings. The molecule has 1 amide bonds. The predicted molar refractivity (Wildman–Crippen MR) is 86.1 cm³/mol. The zero-order valence-corrected chi connectivity index (χ0v) is 13.4. The van der Waals surface area contributed by atoms with Crippen molar-refractivity contribution >= 4 is 11.6 Å². The third kappa shape index (κ3) is 2.85. The molecule has 1 unspecified atom stereocenters. The van der Waals surface area contributed by atoms with Crippen LogP contribution in [0.3, 0.4) is 0 Å². The number of nitrogens with one attached hydrogen (secondary N) is 1. The Morgan fingerprint density at radius 2 is 2.05 bits per heavy atom. The summed E-state index contributed by atoms with van der Waals surface area (Å²) in [7, 11) is 0. The second-order valence-corrected chi connectivity index (χ2v) is 6.22. The van der Waals surface area contributed by atoms with Gasteiger partial charge in [0, 0.05) is 17.9 Å². The highest BCUT2D eigenvalue weighted by atomic mass is 16.1. The highest BCUT2D eigenvalue weighted by Crippen LogP contribution is 2.21. The molecule has 2 aromatic rings. The van der Waals surface area contributed by atoms with Crippen molar-refractivity contribution < 1.29 is 4.79 Å². The van der Waals surface area contributed by atoms with Gasteiger partial charge < -0.3 is 5.32 Å². The Morgan fingerprint density at radius 3 is 2.82 bits per heavy atom. The number of hydrogen-bond acceptors (Lipinski definition) is 3. The normalized spacial score (nSPS) is 16.6. The van der Waals surface area contributed by atoms with E-state index in [1.165, 1.54) is 36.9 Å². The number of carbonyl (C=O) groups is 1. The maximum Gasteiger partial charge on any atom is 0.256 e. The monoisotopic (exact) mass is 300 g/mol. The molecule has 0 saturated carbocycles. The average Bonchev–Trinajstić information content (AvgIpc) is 2.91. The lowest BCUT2D eigenvalue weighted by atomic mass is 9.98. The van der Waals surface area contributed by atoms with Crippen LogP contribution in [0.5, 0.6) is 0 Å². The second-order valence-electron chi connectivity index (χ2n) is 6.22. The number of rotatable bonds is 3. The van der Waals surface area contributed by atoms with Gasteiger partial charge in [0.25, 0.3) is 5.91 Å². The summed E-state index contributed by atoms with van der Waals surface area (Å²) in [4.78, 5) is 16.9. The summed E-state index contributed by atoms with van der Waals surface area (Å²) in [5.41, 5.74) is 3.77. The molecule has 2 aromatic heterocycles. The summed E-state index contributed by atoms with van der Waals surface area (Å²) in [6.07, 6.45) is 11.5. The maximum atomic E-state index is 12.4. The van der Waals surface area contributed by atoms with Crippen LogP contribution >= 0.6 is 0 Å². The lowest BCUT2D eigenvalue weighted by molar-refractivity contribution is 0.0940. The number of nitrogens with zero attached hydrogens (tertiary/aromatic N) is 3. The first kappa shape index (κ1) is 15.0. The summed E-state index contributed by atoms with van der Waals surface area (Å²) in [5.74, 6) is -0.0809. The Morgan fingerprint density at radius 1 is 1.27 bits per heavy atom. The Labute approximate surface area is 131 Å². The van der Waals surface area contributed by atoms with E-state index >= 15 is 0 Å². The fourth-order valence-corrected chi connectivity index (χ4v) is 3.01. The van der Waals surface area contributed by atoms with Gasteiger partial charge in [-0.15, -0.1) is 0 Å². The van der Waals surface area contributed by atoms with E-state index < -0.39 is 0 Å². The van der Waals surface area contributed by atoms with E-state index in [0.717, 1.165) is 19.3 Å². The Kier molecular flexibility index (Phi) is 4.41. The molecular weight excluding hydrogens is 276 g/mol. The first-order valence-electron chi connectivity index (χ1n) is 8.36. The topological polar surface area (TPSA) is 59.3 Å². The zero-order chi connectivity index (χ0) is 15.5. The van der Waals surface area contributed by atoms with Crippen LogP contribution < -0.4 is 5.32 Å². The van der Waals surface area contributed by atoms with E-state index in [2.05, 4.69) is 22.3 Å². The first-order chi connectivity index (χ1) is 10.7. The molecule has 5 heteroatoms. The molecule has 1 aliphatic carbocycles. The second kappa shape index (κ2) is 6.46. The van der Waals surface area contributed by atoms with Gasteiger partial charge >= 0.3 is 0 Å². The molecule has 5 nitrogen and oxygen atoms in total. The number of fused-ring (bicyclic) bond motifs is 3. The molecule has 2 heterocycles. The molecule has 1 N–H and O–H groups in total. The number of hydrogen-bond donors (Lipinski definition) is 1. The van der Waals surface area contributed by atoms with Crippen molar-refractivity contribution in [3.05, 3.63) is 29.2 Å². The van der Waals surface area contributed by atoms with Gasteiger partial charge in [0.05, 0.1) is 6.20 Å². The van der Waals surface area contributed by atoms with Crippen molar-refractivity contribution in [2.24, 2.45) is 0 Å². The lowest BCUT2D eigenvalue weighted by Crippen LogP contribution is -2.31. The molecule has 0 bridgehead atoms. The van der Waals surface area contributed by atoms with Gasteiger partial charge in [-0.05, 0) is 44.6 Å². The molecule has 0 aliphatic heterocycles. The third-order valence-electron chi connectivity index (χ3n) is 4.56. The number of aryl methyl sites for hydroxylation is 2. The molecule has 1 aliphatic rings. The highest BCUT2D eigenvalue weighted by Gasteiger charge is 2.19. The molecule has 1 atom stereocenters. The number of aromatic nitrogens is 3. The molecule has 0 spiro atoms. The first-order valence-corrected chi connectivity index (χ1v) is 8.36. The lowest BCUT2D eigenvalue weighted by Gasteiger charge is -2.14. The minimum absolute atomic E-state index is 0.0809. The van der Waals surface area contributed by atoms with Gasteiger partial charge in [-0.25, -0.2) is 9.50 Å². The van der Waals surface area contributed by atoms with Crippen molar-refractivity contribution in [3.8, 4) is 0 Å². The smallest absolute Gasteiger partial charge is 0.256 e. The van der Waals surface area contributed by atoms with Crippen molar-refractivity contribution in [1.82, 2.24) is 19.9 Å². The van der Waals surface area contributed by atoms with Crippen LogP contribution in [0.1, 0.15) is 67.6 Å². The molecule has 22 heavy (non-hydrogen) atoms. The van der Waals surface area contributed by atoms with E-state index in [-0.39, 0.29) is 11.9 Å². The van der Waals surface area contributed by atoms with E-state index in [1.54, 1.807) is 6.20 Å². The Bertz CT molecular complexity index is 677. The van der Waals surface area contributed by atoms with Crippen LogP contribution in [0.15, 0.2) is 12.4 Å². The van der Waals surface area contributed by atoms with Gasteiger partial charge in [-0.1, -0.05) is 19.8 Å². The van der Waals surface area contributed by atoms with Crippen molar-refractivity contribution in [1.29, 1.82) is 0 Å². The molecule has 0 saturated heterocycles. The molecule has 3 rings (SSSR count). The van der Waals surface area contributed by atoms with Crippen LogP contribution in [0, 0.1) is 0 Å². The fraction of sp³-hybridized carbons (Fsp3) is 0.588. The van der Waals surface area contributed by atoms with Gasteiger partial charge in [0.15, 0.2) is 5.65 Å². The number of carbonyl (C=O) groups excluding carboxylic acids is 1. The quantitative estimate of drug-likeness (QED) is 0.948. The minimum Gasteiger partial charge on any atom is -0.349 e. The largest absolute Gasteiger partial charge is 0.349 e. The van der Waals surface area contributed by atoms with Gasteiger partial charge in [-0.3, -0.25) is 4.79 Å². The molecule has 0 radical (unpaired) electrons. The molecule has 0 aromatic carbocycles. The van der Waals surface area contributed by atoms with Gasteiger partial charge in [0.2, 0.25) is 0 Å². The molecular formula is C17H24N4O. The predicted octanol–water partition coefficient (Wildman–Crippen LogP) is 2.92. The van der Waals surface area contributed by atoms with Crippen molar-refractivity contribution in [2.45, 2.75) is 64.8 Å². The summed E-state index contributed by atoms with van der Waals surface area (Å²) in [5, 5.41) is 7.45. The SMILES string of the molecule is CCC(C)NC(=O)c1cnn2c3c(cnc12)CCCCCC3. The van der Waals surface area contributed by atoms with E-state index in [4.69, 9.17) is 0 Å². The maximum absolute atomic E-state index is 12.4.